The number of carbonyl (C=O) groups excluding carboxylic acids is 3. The molecule has 2 N–H and O–H groups in total. The van der Waals surface area contributed by atoms with Gasteiger partial charge in [0.05, 0.1) is 0 Å². The van der Waals surface area contributed by atoms with E-state index in [1.807, 2.05) is 44.4 Å². The van der Waals surface area contributed by atoms with Gasteiger partial charge in [-0.15, -0.1) is 11.8 Å². The first-order valence-corrected chi connectivity index (χ1v) is 8.76. The highest BCUT2D eigenvalue weighted by atomic mass is 32.2. The van der Waals surface area contributed by atoms with Gasteiger partial charge in [0, 0.05) is 17.0 Å². The monoisotopic (exact) mass is 350 g/mol. The molecule has 1 rings (SSSR count). The maximum absolute atomic E-state index is 11.6. The number of urea groups is 1. The van der Waals surface area contributed by atoms with Crippen molar-refractivity contribution in [2.45, 2.75) is 31.2 Å². The van der Waals surface area contributed by atoms with Crippen molar-refractivity contribution >= 4 is 35.7 Å². The molecule has 1 aromatic rings. The zero-order valence-corrected chi connectivity index (χ0v) is 14.8. The fourth-order valence-corrected chi connectivity index (χ4v) is 2.00. The summed E-state index contributed by atoms with van der Waals surface area (Å²) in [5, 5.41) is 4.67. The summed E-state index contributed by atoms with van der Waals surface area (Å²) < 4.78 is 4.78. The van der Waals surface area contributed by atoms with Gasteiger partial charge in [-0.1, -0.05) is 19.1 Å². The van der Waals surface area contributed by atoms with E-state index in [0.717, 1.165) is 16.9 Å². The molecule has 0 saturated heterocycles. The Morgan fingerprint density at radius 2 is 1.92 bits per heavy atom. The Bertz CT molecular complexity index is 599. The largest absolute Gasteiger partial charge is 0.452 e. The first-order valence-electron chi connectivity index (χ1n) is 7.53. The molecule has 130 valence electrons. The smallest absolute Gasteiger partial charge is 0.331 e. The second-order valence-electron chi connectivity index (χ2n) is 5.05. The van der Waals surface area contributed by atoms with E-state index in [2.05, 4.69) is 10.6 Å². The lowest BCUT2D eigenvalue weighted by molar-refractivity contribution is -0.143. The quantitative estimate of drug-likeness (QED) is 0.448. The van der Waals surface area contributed by atoms with Crippen LogP contribution in [0.4, 0.5) is 4.79 Å². The molecule has 1 atom stereocenters. The average molecular weight is 350 g/mol. The highest BCUT2D eigenvalue weighted by molar-refractivity contribution is 7.98. The predicted octanol–water partition coefficient (Wildman–Crippen LogP) is 2.59. The SMILES string of the molecule is CC[C@H](C)NC(=O)NC(=O)COC(=O)/C=C/c1ccc(SC)cc1. The lowest BCUT2D eigenvalue weighted by atomic mass is 10.2. The van der Waals surface area contributed by atoms with Crippen LogP contribution in [0.15, 0.2) is 35.2 Å². The highest BCUT2D eigenvalue weighted by Gasteiger charge is 2.11. The van der Waals surface area contributed by atoms with Crippen molar-refractivity contribution in [1.82, 2.24) is 10.6 Å². The fourth-order valence-electron chi connectivity index (χ4n) is 1.59. The van der Waals surface area contributed by atoms with Crippen molar-refractivity contribution in [2.75, 3.05) is 12.9 Å². The molecule has 0 fully saturated rings. The third-order valence-corrected chi connectivity index (χ3v) is 3.86. The fraction of sp³-hybridized carbons (Fsp3) is 0.353. The number of thioether (sulfide) groups is 1. The molecule has 0 bridgehead atoms. The van der Waals surface area contributed by atoms with Crippen LogP contribution in [0, 0.1) is 0 Å². The number of hydrogen-bond acceptors (Lipinski definition) is 5. The van der Waals surface area contributed by atoms with Gasteiger partial charge in [0.2, 0.25) is 0 Å². The van der Waals surface area contributed by atoms with Crippen LogP contribution < -0.4 is 10.6 Å². The third-order valence-electron chi connectivity index (χ3n) is 3.12. The summed E-state index contributed by atoms with van der Waals surface area (Å²) >= 11 is 1.63. The lowest BCUT2D eigenvalue weighted by Gasteiger charge is -2.11. The molecule has 0 heterocycles. The predicted molar refractivity (Wildman–Crippen MR) is 94.6 cm³/mol. The van der Waals surface area contributed by atoms with E-state index in [4.69, 9.17) is 4.74 Å². The molecular formula is C17H22N2O4S. The summed E-state index contributed by atoms with van der Waals surface area (Å²) in [6.45, 7) is 3.22. The van der Waals surface area contributed by atoms with E-state index in [-0.39, 0.29) is 6.04 Å². The molecule has 0 spiro atoms. The molecule has 3 amide bonds. The lowest BCUT2D eigenvalue weighted by Crippen LogP contribution is -2.44. The minimum Gasteiger partial charge on any atom is -0.452 e. The second-order valence-corrected chi connectivity index (χ2v) is 5.92. The highest BCUT2D eigenvalue weighted by Crippen LogP contribution is 2.15. The van der Waals surface area contributed by atoms with Crippen LogP contribution in [-0.4, -0.2) is 36.8 Å². The topological polar surface area (TPSA) is 84.5 Å². The molecule has 0 saturated carbocycles. The Kier molecular flexibility index (Phi) is 8.64. The van der Waals surface area contributed by atoms with Gasteiger partial charge in [-0.05, 0) is 43.4 Å². The van der Waals surface area contributed by atoms with Gasteiger partial charge in [0.1, 0.15) is 0 Å². The minimum absolute atomic E-state index is 0.0409. The Morgan fingerprint density at radius 1 is 1.25 bits per heavy atom. The molecule has 0 aromatic heterocycles. The van der Waals surface area contributed by atoms with E-state index in [0.29, 0.717) is 0 Å². The summed E-state index contributed by atoms with van der Waals surface area (Å²) in [7, 11) is 0. The molecule has 0 radical (unpaired) electrons. The molecule has 24 heavy (non-hydrogen) atoms. The molecule has 0 aliphatic carbocycles. The zero-order valence-electron chi connectivity index (χ0n) is 14.0. The van der Waals surface area contributed by atoms with E-state index < -0.39 is 24.5 Å². The molecule has 0 aliphatic rings. The van der Waals surface area contributed by atoms with Gasteiger partial charge in [-0.3, -0.25) is 10.1 Å². The number of benzene rings is 1. The number of nitrogens with one attached hydrogen (secondary N) is 2. The van der Waals surface area contributed by atoms with Gasteiger partial charge >= 0.3 is 12.0 Å². The number of carbonyl (C=O) groups is 3. The van der Waals surface area contributed by atoms with Gasteiger partial charge in [-0.25, -0.2) is 9.59 Å². The summed E-state index contributed by atoms with van der Waals surface area (Å²) in [6, 6.07) is 7.00. The average Bonchev–Trinajstić information content (AvgIpc) is 2.58. The van der Waals surface area contributed by atoms with Crippen LogP contribution in [0.5, 0.6) is 0 Å². The first-order chi connectivity index (χ1) is 11.4. The minimum atomic E-state index is -0.679. The van der Waals surface area contributed by atoms with Crippen molar-refractivity contribution in [1.29, 1.82) is 0 Å². The summed E-state index contributed by atoms with van der Waals surface area (Å²) in [5.41, 5.74) is 0.849. The van der Waals surface area contributed by atoms with Crippen LogP contribution in [-0.2, 0) is 14.3 Å². The van der Waals surface area contributed by atoms with Crippen molar-refractivity contribution in [2.24, 2.45) is 0 Å². The summed E-state index contributed by atoms with van der Waals surface area (Å²) in [4.78, 5) is 35.6. The summed E-state index contributed by atoms with van der Waals surface area (Å²) in [6.07, 6.45) is 5.57. The van der Waals surface area contributed by atoms with Crippen molar-refractivity contribution < 1.29 is 19.1 Å². The number of rotatable bonds is 7. The number of imide groups is 1. The van der Waals surface area contributed by atoms with Crippen LogP contribution in [0.25, 0.3) is 6.08 Å². The molecular weight excluding hydrogens is 328 g/mol. The number of esters is 1. The molecule has 6 nitrogen and oxygen atoms in total. The van der Waals surface area contributed by atoms with Gasteiger partial charge in [-0.2, -0.15) is 0 Å². The summed E-state index contributed by atoms with van der Waals surface area (Å²) in [5.74, 6) is -1.33. The van der Waals surface area contributed by atoms with Crippen molar-refractivity contribution in [3.63, 3.8) is 0 Å². The maximum atomic E-state index is 11.6. The van der Waals surface area contributed by atoms with Gasteiger partial charge < -0.3 is 10.1 Å². The standard InChI is InChI=1S/C17H22N2O4S/c1-4-12(2)18-17(22)19-15(20)11-23-16(21)10-7-13-5-8-14(24-3)9-6-13/h5-10,12H,4,11H2,1-3H3,(H2,18,19,20,22)/b10-7+/t12-/m0/s1. The molecule has 0 unspecified atom stereocenters. The Labute approximate surface area is 146 Å². The van der Waals surface area contributed by atoms with Crippen LogP contribution in [0.2, 0.25) is 0 Å². The Morgan fingerprint density at radius 3 is 2.50 bits per heavy atom. The van der Waals surface area contributed by atoms with Crippen LogP contribution in [0.3, 0.4) is 0 Å². The molecule has 7 heteroatoms. The maximum Gasteiger partial charge on any atom is 0.331 e. The van der Waals surface area contributed by atoms with Gasteiger partial charge in [0.25, 0.3) is 5.91 Å². The number of amides is 3. The van der Waals surface area contributed by atoms with Crippen molar-refractivity contribution in [3.8, 4) is 0 Å². The molecule has 0 aliphatic heterocycles. The van der Waals surface area contributed by atoms with Crippen LogP contribution >= 0.6 is 11.8 Å². The third kappa shape index (κ3) is 7.82. The van der Waals surface area contributed by atoms with E-state index in [1.54, 1.807) is 17.8 Å². The van der Waals surface area contributed by atoms with E-state index in [1.165, 1.54) is 6.08 Å². The first kappa shape index (κ1) is 19.8. The normalized spacial score (nSPS) is 11.8. The van der Waals surface area contributed by atoms with Gasteiger partial charge in [0.15, 0.2) is 6.61 Å². The zero-order chi connectivity index (χ0) is 17.9. The van der Waals surface area contributed by atoms with Crippen molar-refractivity contribution in [3.05, 3.63) is 35.9 Å². The number of ether oxygens (including phenoxy) is 1. The Hall–Kier alpha value is -2.28. The van der Waals surface area contributed by atoms with Crippen LogP contribution in [0.1, 0.15) is 25.8 Å². The second kappa shape index (κ2) is 10.5. The van der Waals surface area contributed by atoms with E-state index in [9.17, 15) is 14.4 Å². The Balaban J connectivity index is 2.35. The van der Waals surface area contributed by atoms with E-state index >= 15 is 0 Å². The number of hydrogen-bond donors (Lipinski definition) is 2. The molecule has 1 aromatic carbocycles.